The van der Waals surface area contributed by atoms with Gasteiger partial charge in [-0.1, -0.05) is 12.8 Å². The van der Waals surface area contributed by atoms with Crippen LogP contribution in [0.4, 0.5) is 26.3 Å². The Morgan fingerprint density at radius 2 is 1.57 bits per heavy atom. The van der Waals surface area contributed by atoms with Gasteiger partial charge in [0.1, 0.15) is 0 Å². The second kappa shape index (κ2) is 7.71. The Labute approximate surface area is 169 Å². The maximum Gasteiger partial charge on any atom is 0.416 e. The van der Waals surface area contributed by atoms with Crippen molar-refractivity contribution in [3.05, 3.63) is 34.9 Å². The lowest BCUT2D eigenvalue weighted by Crippen LogP contribution is -2.55. The van der Waals surface area contributed by atoms with Crippen molar-refractivity contribution in [2.75, 3.05) is 0 Å². The Kier molecular flexibility index (Phi) is 5.87. The first kappa shape index (κ1) is 22.9. The first-order valence-corrected chi connectivity index (χ1v) is 9.81. The molecule has 4 N–H and O–H groups in total. The van der Waals surface area contributed by atoms with Crippen molar-refractivity contribution in [1.29, 1.82) is 0 Å². The van der Waals surface area contributed by atoms with Crippen LogP contribution >= 0.6 is 0 Å². The Hall–Kier alpha value is -1.81. The maximum absolute atomic E-state index is 13.1. The van der Waals surface area contributed by atoms with Crippen LogP contribution in [0, 0.1) is 5.41 Å². The molecule has 0 spiro atoms. The fraction of sp³-hybridized carbons (Fsp3) is 0.650. The van der Waals surface area contributed by atoms with Crippen LogP contribution in [0.25, 0.3) is 0 Å². The average molecular weight is 438 g/mol. The molecule has 0 heterocycles. The normalized spacial score (nSPS) is 26.7. The highest BCUT2D eigenvalue weighted by Crippen LogP contribution is 2.53. The smallest absolute Gasteiger partial charge is 0.389 e. The van der Waals surface area contributed by atoms with Crippen molar-refractivity contribution in [3.8, 4) is 0 Å². The molecular weight excluding hydrogens is 414 g/mol. The van der Waals surface area contributed by atoms with Gasteiger partial charge in [0.25, 0.3) is 0 Å². The van der Waals surface area contributed by atoms with Gasteiger partial charge in [-0.25, -0.2) is 0 Å². The van der Waals surface area contributed by atoms with E-state index in [1.165, 1.54) is 0 Å². The van der Waals surface area contributed by atoms with Crippen LogP contribution in [0.15, 0.2) is 18.2 Å². The fourth-order valence-corrected chi connectivity index (χ4v) is 4.84. The molecule has 0 radical (unpaired) electrons. The molecule has 1 aromatic carbocycles. The van der Waals surface area contributed by atoms with Gasteiger partial charge in [0.2, 0.25) is 5.91 Å². The van der Waals surface area contributed by atoms with Crippen LogP contribution in [0.1, 0.15) is 61.6 Å². The zero-order valence-electron chi connectivity index (χ0n) is 16.2. The largest absolute Gasteiger partial charge is 0.416 e. The summed E-state index contributed by atoms with van der Waals surface area (Å²) in [5.74, 6) is -0.578. The number of hydrogen-bond acceptors (Lipinski definition) is 3. The SMILES string of the molecule is N[C@@H]1CC[C@@](C(=O)NCc2cc(C(F)(F)F)cc(C(F)(F)F)c2)(C2(O)CCCC2)C1. The minimum atomic E-state index is -4.96. The summed E-state index contributed by atoms with van der Waals surface area (Å²) in [6.07, 6.45) is -6.55. The van der Waals surface area contributed by atoms with Crippen molar-refractivity contribution in [2.24, 2.45) is 11.1 Å². The lowest BCUT2D eigenvalue weighted by molar-refractivity contribution is -0.150. The van der Waals surface area contributed by atoms with Gasteiger partial charge in [-0.3, -0.25) is 4.79 Å². The minimum Gasteiger partial charge on any atom is -0.389 e. The molecule has 30 heavy (non-hydrogen) atoms. The molecule has 0 aliphatic heterocycles. The number of nitrogens with one attached hydrogen (secondary N) is 1. The van der Waals surface area contributed by atoms with Crippen molar-refractivity contribution >= 4 is 5.91 Å². The third kappa shape index (κ3) is 4.30. The summed E-state index contributed by atoms with van der Waals surface area (Å²) in [4.78, 5) is 13.1. The van der Waals surface area contributed by atoms with Crippen LogP contribution in [0.5, 0.6) is 0 Å². The maximum atomic E-state index is 13.1. The van der Waals surface area contributed by atoms with Crippen molar-refractivity contribution in [2.45, 2.75) is 75.5 Å². The minimum absolute atomic E-state index is 0.0457. The highest BCUT2D eigenvalue weighted by atomic mass is 19.4. The lowest BCUT2D eigenvalue weighted by atomic mass is 9.68. The van der Waals surface area contributed by atoms with Crippen LogP contribution in [0.3, 0.4) is 0 Å². The van der Waals surface area contributed by atoms with Gasteiger partial charge in [-0.2, -0.15) is 26.3 Å². The number of carbonyl (C=O) groups is 1. The number of nitrogens with two attached hydrogens (primary N) is 1. The third-order valence-electron chi connectivity index (χ3n) is 6.41. The molecule has 168 valence electrons. The summed E-state index contributed by atoms with van der Waals surface area (Å²) in [6, 6.07) is 0.926. The highest BCUT2D eigenvalue weighted by Gasteiger charge is 2.58. The van der Waals surface area contributed by atoms with Gasteiger partial charge in [0.05, 0.1) is 22.1 Å². The van der Waals surface area contributed by atoms with Crippen LogP contribution in [0.2, 0.25) is 0 Å². The van der Waals surface area contributed by atoms with E-state index in [4.69, 9.17) is 5.73 Å². The molecule has 1 aromatic rings. The number of rotatable bonds is 4. The number of alkyl halides is 6. The van der Waals surface area contributed by atoms with Crippen molar-refractivity contribution < 1.29 is 36.2 Å². The van der Waals surface area contributed by atoms with E-state index in [1.54, 1.807) is 0 Å². The van der Waals surface area contributed by atoms with E-state index in [0.29, 0.717) is 37.8 Å². The van der Waals surface area contributed by atoms with Crippen molar-refractivity contribution in [1.82, 2.24) is 5.32 Å². The Morgan fingerprint density at radius 1 is 1.03 bits per heavy atom. The molecule has 0 aromatic heterocycles. The van der Waals surface area contributed by atoms with Crippen molar-refractivity contribution in [3.63, 3.8) is 0 Å². The molecule has 4 nitrogen and oxygen atoms in total. The van der Waals surface area contributed by atoms with Gasteiger partial charge in [-0.15, -0.1) is 0 Å². The first-order valence-electron chi connectivity index (χ1n) is 9.81. The second-order valence-corrected chi connectivity index (χ2v) is 8.42. The summed E-state index contributed by atoms with van der Waals surface area (Å²) in [5.41, 5.74) is 0.334. The topological polar surface area (TPSA) is 75.4 Å². The number of hydrogen-bond donors (Lipinski definition) is 3. The van der Waals surface area contributed by atoms with Crippen LogP contribution in [-0.2, 0) is 23.7 Å². The van der Waals surface area contributed by atoms with Gasteiger partial charge < -0.3 is 16.2 Å². The molecule has 10 heteroatoms. The van der Waals surface area contributed by atoms with E-state index in [2.05, 4.69) is 5.32 Å². The molecule has 2 saturated carbocycles. The van der Waals surface area contributed by atoms with Crippen LogP contribution < -0.4 is 11.1 Å². The molecule has 0 saturated heterocycles. The lowest BCUT2D eigenvalue weighted by Gasteiger charge is -2.41. The summed E-state index contributed by atoms with van der Waals surface area (Å²) >= 11 is 0. The van der Waals surface area contributed by atoms with E-state index in [-0.39, 0.29) is 24.1 Å². The monoisotopic (exact) mass is 438 g/mol. The van der Waals surface area contributed by atoms with E-state index < -0.39 is 46.9 Å². The zero-order valence-corrected chi connectivity index (χ0v) is 16.2. The van der Waals surface area contributed by atoms with Gasteiger partial charge in [0, 0.05) is 12.6 Å². The quantitative estimate of drug-likeness (QED) is 0.619. The molecule has 2 aliphatic rings. The zero-order chi connectivity index (χ0) is 22.4. The molecule has 2 aliphatic carbocycles. The first-order chi connectivity index (χ1) is 13.8. The highest BCUT2D eigenvalue weighted by molar-refractivity contribution is 5.84. The summed E-state index contributed by atoms with van der Waals surface area (Å²) < 4.78 is 78.2. The number of halogens is 6. The molecular formula is C20H24F6N2O2. The number of aliphatic hydroxyl groups is 1. The summed E-state index contributed by atoms with van der Waals surface area (Å²) in [7, 11) is 0. The molecule has 3 rings (SSSR count). The molecule has 0 bridgehead atoms. The number of carbonyl (C=O) groups excluding carboxylic acids is 1. The van der Waals surface area contributed by atoms with E-state index in [9.17, 15) is 36.2 Å². The van der Waals surface area contributed by atoms with Gasteiger partial charge in [-0.05, 0) is 55.9 Å². The third-order valence-corrected chi connectivity index (χ3v) is 6.41. The molecule has 1 amide bonds. The van der Waals surface area contributed by atoms with Gasteiger partial charge in [0.15, 0.2) is 0 Å². The van der Waals surface area contributed by atoms with E-state index >= 15 is 0 Å². The predicted octanol–water partition coefficient (Wildman–Crippen LogP) is 4.14. The summed E-state index contributed by atoms with van der Waals surface area (Å²) in [5, 5.41) is 13.6. The molecule has 2 atom stereocenters. The number of amides is 1. The standard InChI is InChI=1S/C20H24F6N2O2/c21-19(22,23)13-7-12(8-14(9-13)20(24,25)26)11-28-16(29)17(6-3-15(27)10-17)18(30)4-1-2-5-18/h7-9,15,30H,1-6,10-11,27H2,(H,28,29)/t15-,17-/m1/s1. The van der Waals surface area contributed by atoms with E-state index in [0.717, 1.165) is 12.8 Å². The number of benzene rings is 1. The van der Waals surface area contributed by atoms with E-state index in [1.807, 2.05) is 0 Å². The van der Waals surface area contributed by atoms with Gasteiger partial charge >= 0.3 is 12.4 Å². The average Bonchev–Trinajstić information content (AvgIpc) is 3.26. The Morgan fingerprint density at radius 3 is 2.00 bits per heavy atom. The molecule has 2 fully saturated rings. The molecule has 0 unspecified atom stereocenters. The second-order valence-electron chi connectivity index (χ2n) is 8.42. The predicted molar refractivity (Wildman–Crippen MR) is 96.0 cm³/mol. The van der Waals surface area contributed by atoms with Crippen LogP contribution in [-0.4, -0.2) is 22.7 Å². The Bertz CT molecular complexity index is 769. The fourth-order valence-electron chi connectivity index (χ4n) is 4.84. The Balaban J connectivity index is 1.86. The summed E-state index contributed by atoms with van der Waals surface area (Å²) in [6.45, 7) is -0.515.